The van der Waals surface area contributed by atoms with E-state index in [1.165, 1.54) is 11.8 Å². The molecule has 0 aliphatic heterocycles. The van der Waals surface area contributed by atoms with Gasteiger partial charge in [0.15, 0.2) is 0 Å². The first-order chi connectivity index (χ1) is 16.9. The number of hydrogen-bond acceptors (Lipinski definition) is 3. The molecule has 0 aromatic heterocycles. The molecule has 0 fully saturated rings. The summed E-state index contributed by atoms with van der Waals surface area (Å²) in [6.07, 6.45) is 0.394. The summed E-state index contributed by atoms with van der Waals surface area (Å²) < 4.78 is 0. The second-order valence-electron chi connectivity index (χ2n) is 7.98. The largest absolute Gasteiger partial charge is 0.355 e. The van der Waals surface area contributed by atoms with Crippen molar-refractivity contribution in [3.8, 4) is 0 Å². The molecule has 1 N–H and O–H groups in total. The lowest BCUT2D eigenvalue weighted by atomic mass is 10.0. The molecule has 0 aliphatic rings. The lowest BCUT2D eigenvalue weighted by Crippen LogP contribution is -2.51. The van der Waals surface area contributed by atoms with Gasteiger partial charge in [-0.2, -0.15) is 0 Å². The van der Waals surface area contributed by atoms with Crippen LogP contribution in [0.2, 0.25) is 15.1 Å². The normalized spacial score (nSPS) is 11.7. The molecular weight excluding hydrogens is 523 g/mol. The van der Waals surface area contributed by atoms with Crippen molar-refractivity contribution in [2.24, 2.45) is 0 Å². The summed E-state index contributed by atoms with van der Waals surface area (Å²) in [6.45, 7) is 2.53. The highest BCUT2D eigenvalue weighted by molar-refractivity contribution is 7.99. The molecule has 8 heteroatoms. The van der Waals surface area contributed by atoms with Gasteiger partial charge >= 0.3 is 0 Å². The van der Waals surface area contributed by atoms with Gasteiger partial charge in [0.25, 0.3) is 0 Å². The quantitative estimate of drug-likeness (QED) is 0.291. The Morgan fingerprint density at radius 3 is 2.26 bits per heavy atom. The monoisotopic (exact) mass is 548 g/mol. The van der Waals surface area contributed by atoms with Crippen molar-refractivity contribution in [1.29, 1.82) is 0 Å². The zero-order valence-corrected chi connectivity index (χ0v) is 22.4. The Labute approximate surface area is 225 Å². The van der Waals surface area contributed by atoms with Gasteiger partial charge in [0.1, 0.15) is 6.04 Å². The lowest BCUT2D eigenvalue weighted by Gasteiger charge is -2.31. The van der Waals surface area contributed by atoms with Crippen LogP contribution >= 0.6 is 46.6 Å². The number of carbonyl (C=O) groups excluding carboxylic acids is 2. The Morgan fingerprint density at radius 1 is 0.914 bits per heavy atom. The van der Waals surface area contributed by atoms with Gasteiger partial charge in [-0.15, -0.1) is 11.8 Å². The molecule has 0 spiro atoms. The standard InChI is InChI=1S/C27H27Cl3N2O2S/c1-2-31-27(34)25(14-19-6-4-3-5-7-19)32(16-21-10-13-23(29)15-24(21)30)26(33)18-35-17-20-8-11-22(28)12-9-20/h3-13,15,25H,2,14,16-18H2,1H3,(H,31,34)/t25-/m0/s1. The molecule has 0 radical (unpaired) electrons. The molecule has 0 heterocycles. The fourth-order valence-electron chi connectivity index (χ4n) is 3.60. The number of hydrogen-bond donors (Lipinski definition) is 1. The van der Waals surface area contributed by atoms with Gasteiger partial charge in [-0.3, -0.25) is 9.59 Å². The topological polar surface area (TPSA) is 49.4 Å². The minimum absolute atomic E-state index is 0.137. The number of rotatable bonds is 11. The van der Waals surface area contributed by atoms with Gasteiger partial charge in [-0.25, -0.2) is 0 Å². The number of thioether (sulfide) groups is 1. The molecule has 0 aliphatic carbocycles. The first kappa shape index (κ1) is 27.4. The summed E-state index contributed by atoms with van der Waals surface area (Å²) in [4.78, 5) is 28.3. The van der Waals surface area contributed by atoms with Crippen molar-refractivity contribution in [2.75, 3.05) is 12.3 Å². The fraction of sp³-hybridized carbons (Fsp3) is 0.259. The van der Waals surface area contributed by atoms with E-state index in [9.17, 15) is 9.59 Å². The van der Waals surface area contributed by atoms with E-state index < -0.39 is 6.04 Å². The number of amides is 2. The number of nitrogens with one attached hydrogen (secondary N) is 1. The van der Waals surface area contributed by atoms with Crippen LogP contribution in [0.15, 0.2) is 72.8 Å². The maximum atomic E-state index is 13.5. The van der Waals surface area contributed by atoms with Crippen molar-refractivity contribution in [3.63, 3.8) is 0 Å². The molecule has 0 saturated heterocycles. The molecule has 1 atom stereocenters. The van der Waals surface area contributed by atoms with Crippen LogP contribution in [0.4, 0.5) is 0 Å². The van der Waals surface area contributed by atoms with Crippen LogP contribution in [0, 0.1) is 0 Å². The third kappa shape index (κ3) is 8.46. The summed E-state index contributed by atoms with van der Waals surface area (Å²) in [6, 6.07) is 21.7. The highest BCUT2D eigenvalue weighted by Gasteiger charge is 2.30. The van der Waals surface area contributed by atoms with E-state index in [-0.39, 0.29) is 24.1 Å². The Morgan fingerprint density at radius 2 is 1.60 bits per heavy atom. The van der Waals surface area contributed by atoms with Crippen LogP contribution in [-0.4, -0.2) is 35.1 Å². The first-order valence-corrected chi connectivity index (χ1v) is 13.5. The van der Waals surface area contributed by atoms with Crippen LogP contribution < -0.4 is 5.32 Å². The summed E-state index contributed by atoms with van der Waals surface area (Å²) in [7, 11) is 0. The van der Waals surface area contributed by atoms with Crippen molar-refractivity contribution in [2.45, 2.75) is 31.7 Å². The predicted octanol–water partition coefficient (Wildman–Crippen LogP) is 6.66. The van der Waals surface area contributed by atoms with Gasteiger partial charge < -0.3 is 10.2 Å². The van der Waals surface area contributed by atoms with Crippen LogP contribution in [0.1, 0.15) is 23.6 Å². The Bertz CT molecular complexity index is 1130. The van der Waals surface area contributed by atoms with Gasteiger partial charge in [-0.1, -0.05) is 83.3 Å². The van der Waals surface area contributed by atoms with Crippen LogP contribution in [-0.2, 0) is 28.3 Å². The molecule has 35 heavy (non-hydrogen) atoms. The molecule has 3 rings (SSSR count). The maximum Gasteiger partial charge on any atom is 0.243 e. The van der Waals surface area contributed by atoms with Gasteiger partial charge in [0.2, 0.25) is 11.8 Å². The summed E-state index contributed by atoms with van der Waals surface area (Å²) in [5.74, 6) is 0.543. The molecule has 0 bridgehead atoms. The van der Waals surface area contributed by atoms with Gasteiger partial charge in [-0.05, 0) is 47.9 Å². The Hall–Kier alpha value is -2.18. The van der Waals surface area contributed by atoms with Gasteiger partial charge in [0.05, 0.1) is 5.75 Å². The lowest BCUT2D eigenvalue weighted by molar-refractivity contribution is -0.139. The highest BCUT2D eigenvalue weighted by atomic mass is 35.5. The summed E-state index contributed by atoms with van der Waals surface area (Å²) in [5, 5.41) is 4.53. The Kier molecular flexibility index (Phi) is 10.8. The number of halogens is 3. The first-order valence-electron chi connectivity index (χ1n) is 11.2. The maximum absolute atomic E-state index is 13.5. The van der Waals surface area contributed by atoms with Crippen molar-refractivity contribution >= 4 is 58.4 Å². The number of carbonyl (C=O) groups is 2. The molecule has 0 saturated carbocycles. The minimum Gasteiger partial charge on any atom is -0.355 e. The third-order valence-electron chi connectivity index (χ3n) is 5.39. The average molecular weight is 550 g/mol. The van der Waals surface area contributed by atoms with E-state index in [2.05, 4.69) is 5.32 Å². The van der Waals surface area contributed by atoms with E-state index >= 15 is 0 Å². The van der Waals surface area contributed by atoms with E-state index in [4.69, 9.17) is 34.8 Å². The number of likely N-dealkylation sites (N-methyl/N-ethyl adjacent to an activating group) is 1. The molecule has 184 valence electrons. The molecule has 3 aromatic carbocycles. The SMILES string of the molecule is CCNC(=O)[C@H](Cc1ccccc1)N(Cc1ccc(Cl)cc1Cl)C(=O)CSCc1ccc(Cl)cc1. The molecule has 4 nitrogen and oxygen atoms in total. The van der Waals surface area contributed by atoms with Crippen molar-refractivity contribution in [1.82, 2.24) is 10.2 Å². The third-order valence-corrected chi connectivity index (χ3v) is 7.21. The second kappa shape index (κ2) is 13.8. The van der Waals surface area contributed by atoms with Crippen molar-refractivity contribution < 1.29 is 9.59 Å². The second-order valence-corrected chi connectivity index (χ2v) is 10.2. The van der Waals surface area contributed by atoms with Crippen LogP contribution in [0.3, 0.4) is 0 Å². The smallest absolute Gasteiger partial charge is 0.243 e. The van der Waals surface area contributed by atoms with Crippen LogP contribution in [0.5, 0.6) is 0 Å². The minimum atomic E-state index is -0.687. The number of benzene rings is 3. The van der Waals surface area contributed by atoms with E-state index in [1.54, 1.807) is 23.1 Å². The molecule has 3 aromatic rings. The molecular formula is C27H27Cl3N2O2S. The highest BCUT2D eigenvalue weighted by Crippen LogP contribution is 2.25. The van der Waals surface area contributed by atoms with Gasteiger partial charge in [0, 0.05) is 40.3 Å². The van der Waals surface area contributed by atoms with Crippen LogP contribution in [0.25, 0.3) is 0 Å². The fourth-order valence-corrected chi connectivity index (χ4v) is 5.06. The van der Waals surface area contributed by atoms with E-state index in [1.807, 2.05) is 61.5 Å². The van der Waals surface area contributed by atoms with E-state index in [0.717, 1.165) is 16.7 Å². The molecule has 0 unspecified atom stereocenters. The summed E-state index contributed by atoms with van der Waals surface area (Å²) >= 11 is 20.0. The summed E-state index contributed by atoms with van der Waals surface area (Å²) in [5.41, 5.74) is 2.77. The zero-order valence-electron chi connectivity index (χ0n) is 19.3. The Balaban J connectivity index is 1.85. The van der Waals surface area contributed by atoms with E-state index in [0.29, 0.717) is 33.8 Å². The molecule has 2 amide bonds. The zero-order chi connectivity index (χ0) is 25.2. The number of nitrogens with zero attached hydrogens (tertiary/aromatic N) is 1. The predicted molar refractivity (Wildman–Crippen MR) is 147 cm³/mol. The average Bonchev–Trinajstić information content (AvgIpc) is 2.84. The van der Waals surface area contributed by atoms with Crippen molar-refractivity contribution in [3.05, 3.63) is 105 Å².